The summed E-state index contributed by atoms with van der Waals surface area (Å²) in [6, 6.07) is 13.8. The molecule has 1 heterocycles. The minimum absolute atomic E-state index is 0.0501. The van der Waals surface area contributed by atoms with Gasteiger partial charge in [-0.15, -0.1) is 11.3 Å². The highest BCUT2D eigenvalue weighted by molar-refractivity contribution is 7.16. The van der Waals surface area contributed by atoms with E-state index in [-0.39, 0.29) is 5.91 Å². The van der Waals surface area contributed by atoms with Crippen molar-refractivity contribution in [2.45, 2.75) is 6.54 Å². The molecule has 7 heteroatoms. The van der Waals surface area contributed by atoms with E-state index in [1.54, 1.807) is 32.4 Å². The van der Waals surface area contributed by atoms with E-state index < -0.39 is 0 Å². The molecular formula is C22H25N3O3S. The Morgan fingerprint density at radius 1 is 1.00 bits per heavy atom. The fraction of sp³-hybridized carbons (Fsp3) is 0.273. The molecule has 3 aromatic rings. The van der Waals surface area contributed by atoms with E-state index >= 15 is 0 Å². The molecule has 0 atom stereocenters. The maximum absolute atomic E-state index is 12.8. The Morgan fingerprint density at radius 2 is 1.69 bits per heavy atom. The zero-order valence-corrected chi connectivity index (χ0v) is 18.1. The van der Waals surface area contributed by atoms with Crippen molar-refractivity contribution < 1.29 is 14.3 Å². The van der Waals surface area contributed by atoms with Crippen LogP contribution in [0, 0.1) is 0 Å². The molecule has 0 aliphatic heterocycles. The number of methoxy groups -OCH3 is 2. The average molecular weight is 412 g/mol. The number of benzene rings is 2. The van der Waals surface area contributed by atoms with Crippen molar-refractivity contribution in [1.82, 2.24) is 9.88 Å². The monoisotopic (exact) mass is 411 g/mol. The van der Waals surface area contributed by atoms with E-state index in [2.05, 4.69) is 17.1 Å². The predicted molar refractivity (Wildman–Crippen MR) is 117 cm³/mol. The summed E-state index contributed by atoms with van der Waals surface area (Å²) in [4.78, 5) is 21.6. The molecule has 1 aromatic heterocycles. The number of amides is 1. The molecule has 6 nitrogen and oxygen atoms in total. The minimum atomic E-state index is -0.0501. The van der Waals surface area contributed by atoms with Crippen molar-refractivity contribution in [3.63, 3.8) is 0 Å². The van der Waals surface area contributed by atoms with Crippen LogP contribution in [0.4, 0.5) is 5.69 Å². The summed E-state index contributed by atoms with van der Waals surface area (Å²) < 4.78 is 10.6. The quantitative estimate of drug-likeness (QED) is 0.584. The molecule has 0 saturated heterocycles. The van der Waals surface area contributed by atoms with Gasteiger partial charge in [-0.05, 0) is 35.9 Å². The summed E-state index contributed by atoms with van der Waals surface area (Å²) in [6.07, 6.45) is 1.63. The highest BCUT2D eigenvalue weighted by Crippen LogP contribution is 2.34. The van der Waals surface area contributed by atoms with Crippen LogP contribution in [0.3, 0.4) is 0 Å². The van der Waals surface area contributed by atoms with E-state index in [0.717, 1.165) is 21.8 Å². The van der Waals surface area contributed by atoms with Gasteiger partial charge in [0.15, 0.2) is 11.5 Å². The first-order valence-corrected chi connectivity index (χ1v) is 9.94. The van der Waals surface area contributed by atoms with E-state index in [4.69, 9.17) is 9.47 Å². The number of nitrogens with zero attached hydrogens (tertiary/aromatic N) is 3. The lowest BCUT2D eigenvalue weighted by atomic mass is 10.2. The van der Waals surface area contributed by atoms with Crippen LogP contribution in [0.15, 0.2) is 48.7 Å². The number of aromatic nitrogens is 1. The first kappa shape index (κ1) is 20.7. The fourth-order valence-corrected chi connectivity index (χ4v) is 3.82. The molecule has 0 fully saturated rings. The SMILES string of the molecule is COc1ccc(-c2ncc(C(=O)N(C)Cc3ccc(N(C)C)cc3)s2)cc1OC. The van der Waals surface area contributed by atoms with Gasteiger partial charge in [0.25, 0.3) is 5.91 Å². The molecule has 0 radical (unpaired) electrons. The van der Waals surface area contributed by atoms with Crippen molar-refractivity contribution in [3.8, 4) is 22.1 Å². The van der Waals surface area contributed by atoms with Crippen molar-refractivity contribution in [3.05, 3.63) is 59.1 Å². The van der Waals surface area contributed by atoms with E-state index in [9.17, 15) is 4.79 Å². The minimum Gasteiger partial charge on any atom is -0.493 e. The molecule has 152 valence electrons. The third-order valence-corrected chi connectivity index (χ3v) is 5.60. The number of anilines is 1. The molecule has 2 aromatic carbocycles. The molecule has 0 saturated carbocycles. The Morgan fingerprint density at radius 3 is 2.31 bits per heavy atom. The van der Waals surface area contributed by atoms with Crippen molar-refractivity contribution in [2.75, 3.05) is 40.3 Å². The van der Waals surface area contributed by atoms with Gasteiger partial charge in [-0.3, -0.25) is 4.79 Å². The van der Waals surface area contributed by atoms with Gasteiger partial charge in [0.05, 0.1) is 20.4 Å². The van der Waals surface area contributed by atoms with Gasteiger partial charge < -0.3 is 19.3 Å². The molecule has 0 aliphatic rings. The second kappa shape index (κ2) is 8.96. The van der Waals surface area contributed by atoms with Gasteiger partial charge in [-0.1, -0.05) is 12.1 Å². The van der Waals surface area contributed by atoms with Crippen LogP contribution in [0.5, 0.6) is 11.5 Å². The Hall–Kier alpha value is -3.06. The van der Waals surface area contributed by atoms with Gasteiger partial charge in [0.2, 0.25) is 0 Å². The van der Waals surface area contributed by atoms with E-state index in [1.807, 2.05) is 49.3 Å². The summed E-state index contributed by atoms with van der Waals surface area (Å²) in [6.45, 7) is 0.538. The zero-order chi connectivity index (χ0) is 21.0. The van der Waals surface area contributed by atoms with Gasteiger partial charge in [-0.25, -0.2) is 4.98 Å². The Labute approximate surface area is 175 Å². The van der Waals surface area contributed by atoms with Crippen LogP contribution in [-0.4, -0.2) is 51.2 Å². The molecule has 1 amide bonds. The Balaban J connectivity index is 1.73. The summed E-state index contributed by atoms with van der Waals surface area (Å²) in [5, 5.41) is 0.762. The van der Waals surface area contributed by atoms with E-state index in [1.165, 1.54) is 11.3 Å². The molecular weight excluding hydrogens is 386 g/mol. The lowest BCUT2D eigenvalue weighted by Gasteiger charge is -2.17. The van der Waals surface area contributed by atoms with Gasteiger partial charge >= 0.3 is 0 Å². The Kier molecular flexibility index (Phi) is 6.39. The topological polar surface area (TPSA) is 54.9 Å². The molecule has 0 bridgehead atoms. The summed E-state index contributed by atoms with van der Waals surface area (Å²) in [5.74, 6) is 1.24. The number of hydrogen-bond donors (Lipinski definition) is 0. The number of ether oxygens (including phenoxy) is 2. The standard InChI is InChI=1S/C22H25N3O3S/c1-24(2)17-9-6-15(7-10-17)14-25(3)22(26)20-13-23-21(29-20)16-8-11-18(27-4)19(12-16)28-5/h6-13H,14H2,1-5H3. The normalized spacial score (nSPS) is 10.5. The molecule has 3 rings (SSSR count). The summed E-state index contributed by atoms with van der Waals surface area (Å²) >= 11 is 1.37. The van der Waals surface area contributed by atoms with Crippen molar-refractivity contribution in [2.24, 2.45) is 0 Å². The highest BCUT2D eigenvalue weighted by atomic mass is 32.1. The van der Waals surface area contributed by atoms with Crippen LogP contribution < -0.4 is 14.4 Å². The average Bonchev–Trinajstić information content (AvgIpc) is 3.23. The predicted octanol–water partition coefficient (Wildman–Crippen LogP) is 4.17. The smallest absolute Gasteiger partial charge is 0.265 e. The summed E-state index contributed by atoms with van der Waals surface area (Å²) in [7, 11) is 9.01. The van der Waals surface area contributed by atoms with Crippen molar-refractivity contribution in [1.29, 1.82) is 0 Å². The molecule has 0 spiro atoms. The number of carbonyl (C=O) groups excluding carboxylic acids is 1. The van der Waals surface area contributed by atoms with Crippen LogP contribution in [0.25, 0.3) is 10.6 Å². The molecule has 0 N–H and O–H groups in total. The van der Waals surface area contributed by atoms with Crippen LogP contribution in [0.1, 0.15) is 15.2 Å². The summed E-state index contributed by atoms with van der Waals surface area (Å²) in [5.41, 5.74) is 3.09. The molecule has 29 heavy (non-hydrogen) atoms. The first-order chi connectivity index (χ1) is 13.9. The van der Waals surface area contributed by atoms with Gasteiger partial charge in [0, 0.05) is 38.9 Å². The van der Waals surface area contributed by atoms with E-state index in [0.29, 0.717) is 22.9 Å². The van der Waals surface area contributed by atoms with Crippen molar-refractivity contribution >= 4 is 22.9 Å². The zero-order valence-electron chi connectivity index (χ0n) is 17.3. The number of rotatable bonds is 7. The number of hydrogen-bond acceptors (Lipinski definition) is 6. The molecule has 0 unspecified atom stereocenters. The molecule has 0 aliphatic carbocycles. The van der Waals surface area contributed by atoms with Crippen LogP contribution >= 0.6 is 11.3 Å². The highest BCUT2D eigenvalue weighted by Gasteiger charge is 2.17. The number of carbonyl (C=O) groups is 1. The second-order valence-electron chi connectivity index (χ2n) is 6.82. The largest absolute Gasteiger partial charge is 0.493 e. The second-order valence-corrected chi connectivity index (χ2v) is 7.85. The van der Waals surface area contributed by atoms with Crippen LogP contribution in [-0.2, 0) is 6.54 Å². The first-order valence-electron chi connectivity index (χ1n) is 9.13. The Bertz CT molecular complexity index is 983. The maximum atomic E-state index is 12.8. The third-order valence-electron chi connectivity index (χ3n) is 4.57. The van der Waals surface area contributed by atoms with Gasteiger partial charge in [0.1, 0.15) is 9.88 Å². The lowest BCUT2D eigenvalue weighted by Crippen LogP contribution is -2.25. The van der Waals surface area contributed by atoms with Crippen LogP contribution in [0.2, 0.25) is 0 Å². The number of thiazole rings is 1. The third kappa shape index (κ3) is 4.68. The lowest BCUT2D eigenvalue weighted by molar-refractivity contribution is 0.0789. The van der Waals surface area contributed by atoms with Gasteiger partial charge in [-0.2, -0.15) is 0 Å². The maximum Gasteiger partial charge on any atom is 0.265 e. The fourth-order valence-electron chi connectivity index (χ4n) is 2.91.